The van der Waals surface area contributed by atoms with Crippen LogP contribution in [-0.2, 0) is 0 Å². The van der Waals surface area contributed by atoms with Gasteiger partial charge in [0.05, 0.1) is 19.3 Å². The number of nitrogens with zero attached hydrogens (tertiary/aromatic N) is 2. The van der Waals surface area contributed by atoms with Crippen molar-refractivity contribution in [3.8, 4) is 5.75 Å². The molecule has 1 aromatic carbocycles. The molecule has 1 aliphatic carbocycles. The minimum Gasteiger partial charge on any atom is -0.497 e. The van der Waals surface area contributed by atoms with Crippen molar-refractivity contribution in [2.24, 2.45) is 0 Å². The van der Waals surface area contributed by atoms with Crippen LogP contribution in [-0.4, -0.2) is 22.0 Å². The van der Waals surface area contributed by atoms with Crippen LogP contribution in [0.5, 0.6) is 5.75 Å². The molecule has 122 valence electrons. The predicted octanol–water partition coefficient (Wildman–Crippen LogP) is 4.21. The number of ether oxygens (including phenoxy) is 1. The van der Waals surface area contributed by atoms with Crippen molar-refractivity contribution < 1.29 is 4.74 Å². The number of hydrogen-bond acceptors (Lipinski definition) is 3. The van der Waals surface area contributed by atoms with Gasteiger partial charge in [0.25, 0.3) is 0 Å². The van der Waals surface area contributed by atoms with Crippen LogP contribution >= 0.6 is 12.2 Å². The van der Waals surface area contributed by atoms with E-state index in [2.05, 4.69) is 20.4 Å². The van der Waals surface area contributed by atoms with Crippen molar-refractivity contribution in [2.45, 2.75) is 38.1 Å². The number of thiocarbonyl (C=S) groups is 1. The Kier molecular flexibility index (Phi) is 5.12. The van der Waals surface area contributed by atoms with E-state index < -0.39 is 0 Å². The summed E-state index contributed by atoms with van der Waals surface area (Å²) < 4.78 is 7.23. The highest BCUT2D eigenvalue weighted by Gasteiger charge is 2.18. The molecule has 0 spiro atoms. The average Bonchev–Trinajstić information content (AvgIpc) is 3.04. The molecule has 0 aliphatic heterocycles. The second kappa shape index (κ2) is 7.46. The Morgan fingerprint density at radius 1 is 1.13 bits per heavy atom. The maximum absolute atomic E-state index is 5.41. The molecule has 1 heterocycles. The summed E-state index contributed by atoms with van der Waals surface area (Å²) in [6, 6.07) is 10.1. The van der Waals surface area contributed by atoms with Crippen molar-refractivity contribution in [1.82, 2.24) is 9.78 Å². The van der Waals surface area contributed by atoms with Gasteiger partial charge in [-0.25, -0.2) is 4.68 Å². The number of rotatable bonds is 4. The summed E-state index contributed by atoms with van der Waals surface area (Å²) in [6.45, 7) is 0. The minimum absolute atomic E-state index is 0.477. The normalized spacial score (nSPS) is 15.2. The summed E-state index contributed by atoms with van der Waals surface area (Å²) in [5, 5.41) is 11.5. The Morgan fingerprint density at radius 2 is 1.87 bits per heavy atom. The number of anilines is 2. The Bertz CT molecular complexity index is 647. The highest BCUT2D eigenvalue weighted by atomic mass is 32.1. The number of methoxy groups -OCH3 is 1. The second-order valence-electron chi connectivity index (χ2n) is 5.76. The number of hydrogen-bond donors (Lipinski definition) is 2. The van der Waals surface area contributed by atoms with E-state index in [0.717, 1.165) is 17.3 Å². The summed E-state index contributed by atoms with van der Waals surface area (Å²) in [5.74, 6) is 1.77. The van der Waals surface area contributed by atoms with E-state index in [-0.39, 0.29) is 0 Å². The van der Waals surface area contributed by atoms with Gasteiger partial charge >= 0.3 is 0 Å². The SMILES string of the molecule is COc1ccc(NC(=S)Nc2ccnn2C2CCCCC2)cc1. The fraction of sp³-hybridized carbons (Fsp3) is 0.412. The number of nitrogens with one attached hydrogen (secondary N) is 2. The molecule has 1 aromatic heterocycles. The predicted molar refractivity (Wildman–Crippen MR) is 97.2 cm³/mol. The van der Waals surface area contributed by atoms with Crippen LogP contribution in [0.1, 0.15) is 38.1 Å². The smallest absolute Gasteiger partial charge is 0.176 e. The summed E-state index contributed by atoms with van der Waals surface area (Å²) in [7, 11) is 1.65. The lowest BCUT2D eigenvalue weighted by atomic mass is 9.96. The molecule has 1 fully saturated rings. The third kappa shape index (κ3) is 4.01. The van der Waals surface area contributed by atoms with E-state index in [1.165, 1.54) is 32.1 Å². The first-order valence-electron chi connectivity index (χ1n) is 8.02. The van der Waals surface area contributed by atoms with E-state index in [1.807, 2.05) is 36.5 Å². The summed E-state index contributed by atoms with van der Waals surface area (Å²) in [5.41, 5.74) is 0.923. The molecule has 1 aliphatic rings. The highest BCUT2D eigenvalue weighted by Crippen LogP contribution is 2.29. The van der Waals surface area contributed by atoms with Gasteiger partial charge in [-0.3, -0.25) is 0 Å². The summed E-state index contributed by atoms with van der Waals surface area (Å²) in [6.07, 6.45) is 8.09. The molecule has 1 saturated carbocycles. The van der Waals surface area contributed by atoms with Crippen LogP contribution in [0.2, 0.25) is 0 Å². The van der Waals surface area contributed by atoms with Gasteiger partial charge in [-0.2, -0.15) is 5.10 Å². The van der Waals surface area contributed by atoms with Gasteiger partial charge in [0, 0.05) is 11.8 Å². The van der Waals surface area contributed by atoms with Gasteiger partial charge in [0.1, 0.15) is 11.6 Å². The molecule has 6 heteroatoms. The standard InChI is InChI=1S/C17H22N4OS/c1-22-15-9-7-13(8-10-15)19-17(23)20-16-11-12-18-21(16)14-5-3-2-4-6-14/h7-12,14H,2-6H2,1H3,(H2,19,20,23). The van der Waals surface area contributed by atoms with E-state index in [4.69, 9.17) is 17.0 Å². The van der Waals surface area contributed by atoms with Crippen LogP contribution < -0.4 is 15.4 Å². The molecule has 0 saturated heterocycles. The lowest BCUT2D eigenvalue weighted by molar-refractivity contribution is 0.333. The largest absolute Gasteiger partial charge is 0.497 e. The molecule has 0 atom stereocenters. The molecular weight excluding hydrogens is 308 g/mol. The molecular formula is C17H22N4OS. The molecule has 2 aromatic rings. The topological polar surface area (TPSA) is 51.1 Å². The Hall–Kier alpha value is -2.08. The van der Waals surface area contributed by atoms with Crippen molar-refractivity contribution in [3.63, 3.8) is 0 Å². The second-order valence-corrected chi connectivity index (χ2v) is 6.17. The van der Waals surface area contributed by atoms with E-state index in [1.54, 1.807) is 7.11 Å². The van der Waals surface area contributed by atoms with Crippen LogP contribution in [0.15, 0.2) is 36.5 Å². The van der Waals surface area contributed by atoms with Crippen LogP contribution in [0, 0.1) is 0 Å². The van der Waals surface area contributed by atoms with Crippen molar-refractivity contribution in [2.75, 3.05) is 17.7 Å². The quantitative estimate of drug-likeness (QED) is 0.823. The zero-order chi connectivity index (χ0) is 16.1. The first-order valence-corrected chi connectivity index (χ1v) is 8.42. The minimum atomic E-state index is 0.477. The fourth-order valence-electron chi connectivity index (χ4n) is 2.98. The van der Waals surface area contributed by atoms with Crippen molar-refractivity contribution in [1.29, 1.82) is 0 Å². The van der Waals surface area contributed by atoms with Gasteiger partial charge in [-0.05, 0) is 49.3 Å². The molecule has 2 N–H and O–H groups in total. The number of aromatic nitrogens is 2. The molecule has 0 amide bonds. The first-order chi connectivity index (χ1) is 11.3. The Morgan fingerprint density at radius 3 is 2.57 bits per heavy atom. The first kappa shape index (κ1) is 15.8. The zero-order valence-corrected chi connectivity index (χ0v) is 14.1. The van der Waals surface area contributed by atoms with Gasteiger partial charge in [0.15, 0.2) is 5.11 Å². The average molecular weight is 330 g/mol. The molecule has 23 heavy (non-hydrogen) atoms. The van der Waals surface area contributed by atoms with Gasteiger partial charge < -0.3 is 15.4 Å². The van der Waals surface area contributed by atoms with Gasteiger partial charge in [-0.15, -0.1) is 0 Å². The van der Waals surface area contributed by atoms with Gasteiger partial charge in [-0.1, -0.05) is 19.3 Å². The third-order valence-electron chi connectivity index (χ3n) is 4.18. The Labute approximate surface area is 142 Å². The summed E-state index contributed by atoms with van der Waals surface area (Å²) in [4.78, 5) is 0. The van der Waals surface area contributed by atoms with Crippen LogP contribution in [0.4, 0.5) is 11.5 Å². The van der Waals surface area contributed by atoms with E-state index >= 15 is 0 Å². The van der Waals surface area contributed by atoms with E-state index in [0.29, 0.717) is 11.2 Å². The van der Waals surface area contributed by atoms with Crippen LogP contribution in [0.25, 0.3) is 0 Å². The number of benzene rings is 1. The fourth-order valence-corrected chi connectivity index (χ4v) is 3.21. The van der Waals surface area contributed by atoms with Gasteiger partial charge in [0.2, 0.25) is 0 Å². The maximum atomic E-state index is 5.41. The maximum Gasteiger partial charge on any atom is 0.176 e. The molecule has 0 radical (unpaired) electrons. The Balaban J connectivity index is 1.62. The lowest BCUT2D eigenvalue weighted by Crippen LogP contribution is -2.23. The van der Waals surface area contributed by atoms with Crippen LogP contribution in [0.3, 0.4) is 0 Å². The molecule has 3 rings (SSSR count). The summed E-state index contributed by atoms with van der Waals surface area (Å²) >= 11 is 5.41. The van der Waals surface area contributed by atoms with Crippen molar-refractivity contribution in [3.05, 3.63) is 36.5 Å². The molecule has 5 nitrogen and oxygen atoms in total. The zero-order valence-electron chi connectivity index (χ0n) is 13.3. The lowest BCUT2D eigenvalue weighted by Gasteiger charge is -2.24. The highest BCUT2D eigenvalue weighted by molar-refractivity contribution is 7.80. The van der Waals surface area contributed by atoms with Crippen molar-refractivity contribution >= 4 is 28.8 Å². The third-order valence-corrected chi connectivity index (χ3v) is 4.38. The molecule has 0 unspecified atom stereocenters. The molecule has 0 bridgehead atoms. The van der Waals surface area contributed by atoms with E-state index in [9.17, 15) is 0 Å². The monoisotopic (exact) mass is 330 g/mol.